The van der Waals surface area contributed by atoms with E-state index in [0.29, 0.717) is 12.1 Å². The zero-order valence-electron chi connectivity index (χ0n) is 19.8. The number of rotatable bonds is 3. The van der Waals surface area contributed by atoms with Crippen molar-refractivity contribution in [2.75, 3.05) is 11.6 Å². The third-order valence-electron chi connectivity index (χ3n) is 6.78. The van der Waals surface area contributed by atoms with Crippen molar-refractivity contribution in [3.05, 3.63) is 58.4 Å². The number of sulfone groups is 1. The van der Waals surface area contributed by atoms with Gasteiger partial charge in [0.15, 0.2) is 27.3 Å². The van der Waals surface area contributed by atoms with Crippen LogP contribution in [0.3, 0.4) is 0 Å². The molecule has 2 aliphatic carbocycles. The van der Waals surface area contributed by atoms with Gasteiger partial charge in [-0.05, 0) is 56.2 Å². The van der Waals surface area contributed by atoms with E-state index in [1.807, 2.05) is 0 Å². The molecule has 1 spiro atoms. The zero-order chi connectivity index (χ0) is 26.3. The third-order valence-corrected chi connectivity index (χ3v) is 8.36. The van der Waals surface area contributed by atoms with Crippen molar-refractivity contribution in [1.82, 2.24) is 0 Å². The molecule has 194 valence electrons. The molecular weight excluding hydrogens is 517 g/mol. The fourth-order valence-electron chi connectivity index (χ4n) is 5.37. The lowest BCUT2D eigenvalue weighted by Gasteiger charge is -2.34. The molecular formula is C25H26ClF3N2O4S. The van der Waals surface area contributed by atoms with E-state index in [2.05, 4.69) is 17.4 Å². The molecule has 2 aromatic rings. The second kappa shape index (κ2) is 10.0. The molecule has 0 radical (unpaired) electrons. The second-order valence-corrected chi connectivity index (χ2v) is 12.2. The summed E-state index contributed by atoms with van der Waals surface area (Å²) in [6.45, 7) is 2.09. The number of nitrogens with zero attached hydrogens (tertiary/aromatic N) is 1. The van der Waals surface area contributed by atoms with Gasteiger partial charge in [-0.3, -0.25) is 4.79 Å². The summed E-state index contributed by atoms with van der Waals surface area (Å²) in [6.07, 6.45) is 8.89. The molecule has 3 aliphatic rings. The monoisotopic (exact) mass is 542 g/mol. The normalized spacial score (nSPS) is 24.6. The Bertz CT molecular complexity index is 1300. The van der Waals surface area contributed by atoms with Crippen molar-refractivity contribution in [1.29, 1.82) is 0 Å². The molecule has 1 aliphatic heterocycles. The van der Waals surface area contributed by atoms with Crippen LogP contribution in [0.2, 0.25) is 5.02 Å². The largest absolute Gasteiger partial charge is 0.389 e. The van der Waals surface area contributed by atoms with Crippen molar-refractivity contribution in [3.8, 4) is 0 Å². The standard InChI is InChI=1S/C14H9ClF3NO3S.C11H17NO/c1-23(21,22)12-4-7(2-3-9(12)15)14(20)19-8-5-10(16)13(18)11(17)6-8;1-8-5-11(13-12-8)6-9-2-3-10(4-9)7-11/h2-6H,1H3,(H,19,20);9-10H,2-7H2,1H3/t;9-,10?,11?/m.1/s1. The molecule has 2 aromatic carbocycles. The van der Waals surface area contributed by atoms with Gasteiger partial charge in [-0.15, -0.1) is 0 Å². The number of fused-ring (bicyclic) bond motifs is 2. The third kappa shape index (κ3) is 5.86. The van der Waals surface area contributed by atoms with Crippen molar-refractivity contribution >= 4 is 38.7 Å². The number of carbonyl (C=O) groups excluding carboxylic acids is 1. The number of benzene rings is 2. The van der Waals surface area contributed by atoms with Gasteiger partial charge in [-0.25, -0.2) is 21.6 Å². The van der Waals surface area contributed by atoms with Crippen molar-refractivity contribution in [2.24, 2.45) is 17.0 Å². The first-order valence-electron chi connectivity index (χ1n) is 11.5. The van der Waals surface area contributed by atoms with Crippen molar-refractivity contribution < 1.29 is 31.2 Å². The molecule has 2 bridgehead atoms. The fraction of sp³-hybridized carbons (Fsp3) is 0.440. The molecule has 1 heterocycles. The number of hydrogen-bond donors (Lipinski definition) is 1. The van der Waals surface area contributed by atoms with Crippen LogP contribution in [-0.2, 0) is 14.7 Å². The molecule has 36 heavy (non-hydrogen) atoms. The highest BCUT2D eigenvalue weighted by Gasteiger charge is 2.48. The summed E-state index contributed by atoms with van der Waals surface area (Å²) >= 11 is 5.75. The minimum absolute atomic E-state index is 0.0667. The van der Waals surface area contributed by atoms with E-state index < -0.39 is 33.2 Å². The minimum Gasteiger partial charge on any atom is -0.389 e. The average molecular weight is 543 g/mol. The van der Waals surface area contributed by atoms with Gasteiger partial charge < -0.3 is 10.2 Å². The van der Waals surface area contributed by atoms with Crippen LogP contribution in [0.4, 0.5) is 18.9 Å². The maximum Gasteiger partial charge on any atom is 0.255 e. The Morgan fingerprint density at radius 2 is 1.72 bits per heavy atom. The van der Waals surface area contributed by atoms with Crippen molar-refractivity contribution in [2.45, 2.75) is 55.9 Å². The lowest BCUT2D eigenvalue weighted by molar-refractivity contribution is -0.0629. The Kier molecular flexibility index (Phi) is 7.39. The summed E-state index contributed by atoms with van der Waals surface area (Å²) in [7, 11) is -3.66. The molecule has 1 N–H and O–H groups in total. The molecule has 0 aromatic heterocycles. The molecule has 11 heteroatoms. The number of halogens is 4. The molecule has 2 saturated carbocycles. The van der Waals surface area contributed by atoms with Crippen LogP contribution in [0.25, 0.3) is 0 Å². The SMILES string of the molecule is CC1=NOC2(C1)CC1CC[C@H](C1)C2.CS(=O)(=O)c1cc(C(=O)Nc2cc(F)c(F)c(F)c2)ccc1Cl. The Labute approximate surface area is 212 Å². The molecule has 6 nitrogen and oxygen atoms in total. The Hall–Kier alpha value is -2.59. The minimum atomic E-state index is -3.66. The van der Waals surface area contributed by atoms with Gasteiger partial charge in [0.2, 0.25) is 0 Å². The van der Waals surface area contributed by atoms with Crippen LogP contribution in [0.5, 0.6) is 0 Å². The summed E-state index contributed by atoms with van der Waals surface area (Å²) in [5.41, 5.74) is 0.928. The van der Waals surface area contributed by atoms with E-state index in [9.17, 15) is 26.4 Å². The van der Waals surface area contributed by atoms with Gasteiger partial charge in [0.05, 0.1) is 15.6 Å². The average Bonchev–Trinajstić information content (AvgIpc) is 3.32. The van der Waals surface area contributed by atoms with Crippen LogP contribution < -0.4 is 5.32 Å². The Balaban J connectivity index is 0.000000195. The number of oxime groups is 1. The molecule has 1 amide bonds. The first-order valence-corrected chi connectivity index (χ1v) is 13.8. The maximum absolute atomic E-state index is 13.1. The van der Waals surface area contributed by atoms with E-state index >= 15 is 0 Å². The highest BCUT2D eigenvalue weighted by atomic mass is 35.5. The number of amides is 1. The molecule has 3 atom stereocenters. The molecule has 2 fully saturated rings. The van der Waals surface area contributed by atoms with E-state index in [1.165, 1.54) is 49.9 Å². The van der Waals surface area contributed by atoms with E-state index in [-0.39, 0.29) is 26.8 Å². The number of hydrogen-bond acceptors (Lipinski definition) is 5. The van der Waals surface area contributed by atoms with E-state index in [4.69, 9.17) is 16.4 Å². The summed E-state index contributed by atoms with van der Waals surface area (Å²) < 4.78 is 62.2. The zero-order valence-corrected chi connectivity index (χ0v) is 21.4. The van der Waals surface area contributed by atoms with E-state index in [0.717, 1.165) is 30.6 Å². The summed E-state index contributed by atoms with van der Waals surface area (Å²) in [5, 5.41) is 6.20. The molecule has 0 saturated heterocycles. The fourth-order valence-corrected chi connectivity index (χ4v) is 6.67. The summed E-state index contributed by atoms with van der Waals surface area (Å²) in [4.78, 5) is 17.4. The highest BCUT2D eigenvalue weighted by Crippen LogP contribution is 2.50. The lowest BCUT2D eigenvalue weighted by atomic mass is 9.75. The van der Waals surface area contributed by atoms with Gasteiger partial charge in [-0.1, -0.05) is 29.6 Å². The van der Waals surface area contributed by atoms with Crippen LogP contribution in [0.15, 0.2) is 40.4 Å². The predicted octanol–water partition coefficient (Wildman–Crippen LogP) is 6.14. The number of carbonyl (C=O) groups is 1. The summed E-state index contributed by atoms with van der Waals surface area (Å²) in [5.74, 6) is -3.54. The van der Waals surface area contributed by atoms with Crippen LogP contribution in [0, 0.1) is 29.3 Å². The van der Waals surface area contributed by atoms with Crippen molar-refractivity contribution in [3.63, 3.8) is 0 Å². The molecule has 5 rings (SSSR count). The summed E-state index contributed by atoms with van der Waals surface area (Å²) in [6, 6.07) is 4.68. The van der Waals surface area contributed by atoms with Gasteiger partial charge in [0.25, 0.3) is 5.91 Å². The van der Waals surface area contributed by atoms with Gasteiger partial charge in [-0.2, -0.15) is 0 Å². The first kappa shape index (κ1) is 26.5. The van der Waals surface area contributed by atoms with Gasteiger partial charge in [0, 0.05) is 36.1 Å². The first-order chi connectivity index (χ1) is 16.8. The lowest BCUT2D eigenvalue weighted by Crippen LogP contribution is -2.36. The number of nitrogens with one attached hydrogen (secondary N) is 1. The molecule has 2 unspecified atom stereocenters. The smallest absolute Gasteiger partial charge is 0.255 e. The quantitative estimate of drug-likeness (QED) is 0.472. The highest BCUT2D eigenvalue weighted by molar-refractivity contribution is 7.90. The van der Waals surface area contributed by atoms with Crippen LogP contribution in [-0.4, -0.2) is 31.9 Å². The van der Waals surface area contributed by atoms with Crippen LogP contribution >= 0.6 is 11.6 Å². The van der Waals surface area contributed by atoms with Gasteiger partial charge >= 0.3 is 0 Å². The Morgan fingerprint density at radius 3 is 2.25 bits per heavy atom. The van der Waals surface area contributed by atoms with E-state index in [1.54, 1.807) is 0 Å². The predicted molar refractivity (Wildman–Crippen MR) is 130 cm³/mol. The topological polar surface area (TPSA) is 84.8 Å². The van der Waals surface area contributed by atoms with Gasteiger partial charge in [0.1, 0.15) is 5.60 Å². The van der Waals surface area contributed by atoms with Crippen LogP contribution in [0.1, 0.15) is 55.8 Å². The maximum atomic E-state index is 13.1. The number of anilines is 1. The second-order valence-electron chi connectivity index (χ2n) is 9.86. The Morgan fingerprint density at radius 1 is 1.11 bits per heavy atom.